The second kappa shape index (κ2) is 26.2. The molecule has 0 aromatic heterocycles. The maximum Gasteiger partial charge on any atom is 0.316 e. The molecule has 0 saturated carbocycles. The minimum Gasteiger partial charge on any atom is -0.393 e. The van der Waals surface area contributed by atoms with E-state index in [9.17, 15) is 9.59 Å². The Kier molecular flexibility index (Phi) is 25.6. The Morgan fingerprint density at radius 3 is 0.914 bits per heavy atom. The Balaban J connectivity index is 4.77. The van der Waals surface area contributed by atoms with Crippen molar-refractivity contribution in [3.05, 3.63) is 0 Å². The van der Waals surface area contributed by atoms with Crippen molar-refractivity contribution in [2.24, 2.45) is 11.8 Å². The van der Waals surface area contributed by atoms with Gasteiger partial charge in [-0.15, -0.1) is 0 Å². The highest BCUT2D eigenvalue weighted by Crippen LogP contribution is 2.24. The molecular formula is C32H62O3. The van der Waals surface area contributed by atoms with Gasteiger partial charge >= 0.3 is 11.9 Å². The van der Waals surface area contributed by atoms with Gasteiger partial charge in [-0.1, -0.05) is 156 Å². The van der Waals surface area contributed by atoms with Gasteiger partial charge < -0.3 is 4.74 Å². The van der Waals surface area contributed by atoms with E-state index >= 15 is 0 Å². The molecule has 0 heterocycles. The molecule has 0 aliphatic rings. The molecule has 0 N–H and O–H groups in total. The third-order valence-corrected chi connectivity index (χ3v) is 7.49. The van der Waals surface area contributed by atoms with Crippen molar-refractivity contribution in [1.82, 2.24) is 0 Å². The van der Waals surface area contributed by atoms with Crippen LogP contribution in [0.15, 0.2) is 0 Å². The zero-order chi connectivity index (χ0) is 26.0. The second-order valence-corrected chi connectivity index (χ2v) is 10.9. The molecule has 0 aromatic rings. The van der Waals surface area contributed by atoms with Crippen molar-refractivity contribution in [2.45, 2.75) is 182 Å². The maximum absolute atomic E-state index is 13.1. The summed E-state index contributed by atoms with van der Waals surface area (Å²) in [5.74, 6) is -0.670. The molecule has 0 aromatic carbocycles. The molecule has 208 valence electrons. The van der Waals surface area contributed by atoms with Crippen LogP contribution in [-0.4, -0.2) is 11.9 Å². The fraction of sp³-hybridized carbons (Fsp3) is 0.938. The molecule has 0 aliphatic heterocycles. The Hall–Kier alpha value is -0.860. The first-order valence-electron chi connectivity index (χ1n) is 15.9. The van der Waals surface area contributed by atoms with E-state index in [2.05, 4.69) is 27.7 Å². The lowest BCUT2D eigenvalue weighted by Crippen LogP contribution is -2.26. The summed E-state index contributed by atoms with van der Waals surface area (Å²) in [7, 11) is 0. The van der Waals surface area contributed by atoms with Gasteiger partial charge in [0, 0.05) is 0 Å². The molecule has 0 fully saturated rings. The van der Waals surface area contributed by atoms with Gasteiger partial charge in [-0.2, -0.15) is 0 Å². The van der Waals surface area contributed by atoms with Crippen LogP contribution >= 0.6 is 0 Å². The van der Waals surface area contributed by atoms with E-state index in [0.29, 0.717) is 0 Å². The summed E-state index contributed by atoms with van der Waals surface area (Å²) < 4.78 is 5.60. The Bertz CT molecular complexity index is 431. The largest absolute Gasteiger partial charge is 0.393 e. The van der Waals surface area contributed by atoms with E-state index in [4.69, 9.17) is 4.74 Å². The minimum atomic E-state index is -0.235. The fourth-order valence-corrected chi connectivity index (χ4v) is 5.00. The zero-order valence-electron chi connectivity index (χ0n) is 24.4. The summed E-state index contributed by atoms with van der Waals surface area (Å²) >= 11 is 0. The first-order valence-corrected chi connectivity index (χ1v) is 15.9. The van der Waals surface area contributed by atoms with Crippen molar-refractivity contribution in [2.75, 3.05) is 0 Å². The van der Waals surface area contributed by atoms with Crippen molar-refractivity contribution >= 4 is 11.9 Å². The summed E-state index contributed by atoms with van der Waals surface area (Å²) in [6, 6.07) is 0. The predicted molar refractivity (Wildman–Crippen MR) is 152 cm³/mol. The van der Waals surface area contributed by atoms with Gasteiger partial charge in [-0.25, -0.2) is 0 Å². The number of hydrogen-bond donors (Lipinski definition) is 0. The maximum atomic E-state index is 13.1. The molecule has 0 amide bonds. The first kappa shape index (κ1) is 34.1. The van der Waals surface area contributed by atoms with Gasteiger partial charge in [0.15, 0.2) is 0 Å². The topological polar surface area (TPSA) is 43.4 Å². The third-order valence-electron chi connectivity index (χ3n) is 7.49. The summed E-state index contributed by atoms with van der Waals surface area (Å²) in [6.07, 6.45) is 27.5. The third kappa shape index (κ3) is 21.0. The first-order chi connectivity index (χ1) is 17.1. The molecule has 0 aliphatic carbocycles. The lowest BCUT2D eigenvalue weighted by molar-refractivity contribution is -0.166. The van der Waals surface area contributed by atoms with E-state index in [-0.39, 0.29) is 23.8 Å². The van der Waals surface area contributed by atoms with Crippen LogP contribution in [0.4, 0.5) is 0 Å². The van der Waals surface area contributed by atoms with Gasteiger partial charge in [0.1, 0.15) is 0 Å². The normalized spacial score (nSPS) is 13.0. The molecule has 0 bridgehead atoms. The number of hydrogen-bond acceptors (Lipinski definition) is 3. The number of rotatable bonds is 26. The average molecular weight is 495 g/mol. The van der Waals surface area contributed by atoms with Crippen LogP contribution in [-0.2, 0) is 14.3 Å². The van der Waals surface area contributed by atoms with E-state index in [1.807, 2.05) is 0 Å². The van der Waals surface area contributed by atoms with Crippen molar-refractivity contribution < 1.29 is 14.3 Å². The Morgan fingerprint density at radius 1 is 0.400 bits per heavy atom. The van der Waals surface area contributed by atoms with Crippen LogP contribution in [0.5, 0.6) is 0 Å². The molecule has 0 rings (SSSR count). The fourth-order valence-electron chi connectivity index (χ4n) is 5.00. The number of ether oxygens (including phenoxy) is 1. The molecule has 2 unspecified atom stereocenters. The van der Waals surface area contributed by atoms with Gasteiger partial charge in [0.05, 0.1) is 11.8 Å². The Labute approximate surface area is 219 Å². The number of unbranched alkanes of at least 4 members (excludes halogenated alkanes) is 16. The number of carbonyl (C=O) groups excluding carboxylic acids is 2. The summed E-state index contributed by atoms with van der Waals surface area (Å²) in [5, 5.41) is 0. The number of carbonyl (C=O) groups is 2. The van der Waals surface area contributed by atoms with E-state index in [0.717, 1.165) is 51.4 Å². The second-order valence-electron chi connectivity index (χ2n) is 10.9. The highest BCUT2D eigenvalue weighted by Gasteiger charge is 2.26. The van der Waals surface area contributed by atoms with Gasteiger partial charge in [-0.3, -0.25) is 9.59 Å². The van der Waals surface area contributed by atoms with Crippen LogP contribution in [0.1, 0.15) is 182 Å². The molecule has 0 spiro atoms. The summed E-state index contributed by atoms with van der Waals surface area (Å²) in [5.41, 5.74) is 0. The smallest absolute Gasteiger partial charge is 0.316 e. The van der Waals surface area contributed by atoms with Crippen LogP contribution < -0.4 is 0 Å². The molecule has 0 radical (unpaired) electrons. The number of esters is 2. The minimum absolute atomic E-state index is 0.100. The predicted octanol–water partition coefficient (Wildman–Crippen LogP) is 10.7. The monoisotopic (exact) mass is 494 g/mol. The SMILES string of the molecule is CCCCCCCCC(CCCCCC)C(=O)OC(=O)C(CCCCCC)CCCCCCCC. The van der Waals surface area contributed by atoms with Gasteiger partial charge in [-0.05, 0) is 25.7 Å². The standard InChI is InChI=1S/C32H62O3/c1-5-9-13-17-19-23-27-29(25-21-15-11-7-3)31(33)35-32(34)30(26-22-16-12-8-4)28-24-20-18-14-10-6-2/h29-30H,5-28H2,1-4H3. The van der Waals surface area contributed by atoms with Crippen molar-refractivity contribution in [1.29, 1.82) is 0 Å². The van der Waals surface area contributed by atoms with Gasteiger partial charge in [0.25, 0.3) is 0 Å². The molecule has 3 heteroatoms. The molecule has 3 nitrogen and oxygen atoms in total. The quantitative estimate of drug-likeness (QED) is 0.0682. The summed E-state index contributed by atoms with van der Waals surface area (Å²) in [4.78, 5) is 26.1. The van der Waals surface area contributed by atoms with Crippen LogP contribution in [0, 0.1) is 11.8 Å². The van der Waals surface area contributed by atoms with E-state index in [1.165, 1.54) is 103 Å². The van der Waals surface area contributed by atoms with Gasteiger partial charge in [0.2, 0.25) is 0 Å². The van der Waals surface area contributed by atoms with Crippen molar-refractivity contribution in [3.8, 4) is 0 Å². The highest BCUT2D eigenvalue weighted by atomic mass is 16.6. The lowest BCUT2D eigenvalue weighted by Gasteiger charge is -2.19. The van der Waals surface area contributed by atoms with E-state index < -0.39 is 0 Å². The average Bonchev–Trinajstić information content (AvgIpc) is 2.85. The molecule has 35 heavy (non-hydrogen) atoms. The van der Waals surface area contributed by atoms with Crippen molar-refractivity contribution in [3.63, 3.8) is 0 Å². The van der Waals surface area contributed by atoms with Crippen LogP contribution in [0.3, 0.4) is 0 Å². The van der Waals surface area contributed by atoms with E-state index in [1.54, 1.807) is 0 Å². The lowest BCUT2D eigenvalue weighted by atomic mass is 9.93. The summed E-state index contributed by atoms with van der Waals surface area (Å²) in [6.45, 7) is 8.90. The molecule has 0 saturated heterocycles. The molecule has 2 atom stereocenters. The molecular weight excluding hydrogens is 432 g/mol. The Morgan fingerprint density at radius 2 is 0.629 bits per heavy atom. The van der Waals surface area contributed by atoms with Crippen LogP contribution in [0.2, 0.25) is 0 Å². The zero-order valence-corrected chi connectivity index (χ0v) is 24.4. The highest BCUT2D eigenvalue weighted by molar-refractivity contribution is 5.87. The van der Waals surface area contributed by atoms with Crippen LogP contribution in [0.25, 0.3) is 0 Å².